The smallest absolute Gasteiger partial charge is 0.225 e. The normalized spacial score (nSPS) is 11.5. The molecule has 0 amide bonds. The molecular weight excluding hydrogens is 282 g/mol. The third-order valence-electron chi connectivity index (χ3n) is 3.41. The Morgan fingerprint density at radius 3 is 2.76 bits per heavy atom. The second-order valence-corrected chi connectivity index (χ2v) is 6.36. The van der Waals surface area contributed by atoms with Crippen LogP contribution in [-0.2, 0) is 6.42 Å². The molecule has 1 N–H and O–H groups in total. The molecule has 110 valence electrons. The van der Waals surface area contributed by atoms with Crippen LogP contribution in [0.4, 0.5) is 5.95 Å². The van der Waals surface area contributed by atoms with Crippen molar-refractivity contribution < 1.29 is 0 Å². The summed E-state index contributed by atoms with van der Waals surface area (Å²) in [5.41, 5.74) is 1.07. The first-order chi connectivity index (χ1) is 10.1. The first-order valence-corrected chi connectivity index (χ1v) is 7.98. The third kappa shape index (κ3) is 2.51. The van der Waals surface area contributed by atoms with Gasteiger partial charge in [-0.05, 0) is 24.5 Å². The van der Waals surface area contributed by atoms with E-state index in [1.54, 1.807) is 11.3 Å². The van der Waals surface area contributed by atoms with E-state index in [-0.39, 0.29) is 0 Å². The van der Waals surface area contributed by atoms with E-state index >= 15 is 0 Å². The van der Waals surface area contributed by atoms with E-state index in [2.05, 4.69) is 47.2 Å². The predicted octanol–water partition coefficient (Wildman–Crippen LogP) is 3.60. The van der Waals surface area contributed by atoms with Gasteiger partial charge in [-0.15, -0.1) is 11.3 Å². The van der Waals surface area contributed by atoms with Crippen LogP contribution < -0.4 is 5.32 Å². The van der Waals surface area contributed by atoms with Crippen molar-refractivity contribution in [3.05, 3.63) is 28.9 Å². The topological polar surface area (TPSA) is 55.6 Å². The van der Waals surface area contributed by atoms with Crippen molar-refractivity contribution in [2.45, 2.75) is 33.1 Å². The first kappa shape index (κ1) is 14.0. The van der Waals surface area contributed by atoms with E-state index in [9.17, 15) is 0 Å². The summed E-state index contributed by atoms with van der Waals surface area (Å²) in [5, 5.41) is 8.74. The fraction of sp³-hybridized carbons (Fsp3) is 0.400. The molecule has 6 heteroatoms. The van der Waals surface area contributed by atoms with E-state index in [4.69, 9.17) is 0 Å². The standard InChI is InChI=1S/C15H19N5S/c1-5-10-8-11-13(17-15(16-4)18-14(11)21-10)20-7-6-12(19-20)9(2)3/h6-9H,5H2,1-4H3,(H,16,17,18). The SMILES string of the molecule is CCc1cc2c(-n3ccc(C(C)C)n3)nc(NC)nc2s1. The summed E-state index contributed by atoms with van der Waals surface area (Å²) in [4.78, 5) is 11.5. The zero-order valence-corrected chi connectivity index (χ0v) is 13.5. The van der Waals surface area contributed by atoms with E-state index in [1.807, 2.05) is 24.0 Å². The van der Waals surface area contributed by atoms with Crippen molar-refractivity contribution >= 4 is 27.5 Å². The molecule has 0 bridgehead atoms. The van der Waals surface area contributed by atoms with E-state index < -0.39 is 0 Å². The van der Waals surface area contributed by atoms with Gasteiger partial charge in [0.25, 0.3) is 0 Å². The Labute approximate surface area is 128 Å². The van der Waals surface area contributed by atoms with Gasteiger partial charge in [0.1, 0.15) is 4.83 Å². The fourth-order valence-electron chi connectivity index (χ4n) is 2.18. The van der Waals surface area contributed by atoms with Gasteiger partial charge in [0.05, 0.1) is 11.1 Å². The number of aromatic nitrogens is 4. The minimum atomic E-state index is 0.404. The van der Waals surface area contributed by atoms with Crippen LogP contribution >= 0.6 is 11.3 Å². The molecule has 0 fully saturated rings. The lowest BCUT2D eigenvalue weighted by atomic mass is 10.1. The van der Waals surface area contributed by atoms with Crippen LogP contribution in [0.25, 0.3) is 16.0 Å². The molecule has 0 saturated heterocycles. The van der Waals surface area contributed by atoms with Crippen molar-refractivity contribution in [3.63, 3.8) is 0 Å². The summed E-state index contributed by atoms with van der Waals surface area (Å²) in [7, 11) is 1.84. The Balaban J connectivity index is 2.20. The van der Waals surface area contributed by atoms with E-state index in [0.717, 1.165) is 28.1 Å². The quantitative estimate of drug-likeness (QED) is 0.800. The second kappa shape index (κ2) is 5.44. The maximum Gasteiger partial charge on any atom is 0.225 e. The monoisotopic (exact) mass is 301 g/mol. The van der Waals surface area contributed by atoms with Crippen LogP contribution in [0, 0.1) is 0 Å². The minimum absolute atomic E-state index is 0.404. The predicted molar refractivity (Wildman–Crippen MR) is 87.6 cm³/mol. The number of fused-ring (bicyclic) bond motifs is 1. The number of nitrogens with one attached hydrogen (secondary N) is 1. The molecule has 0 aliphatic carbocycles. The second-order valence-electron chi connectivity index (χ2n) is 5.25. The molecule has 3 rings (SSSR count). The number of hydrogen-bond donors (Lipinski definition) is 1. The molecule has 21 heavy (non-hydrogen) atoms. The average Bonchev–Trinajstić information content (AvgIpc) is 3.12. The molecule has 0 radical (unpaired) electrons. The zero-order chi connectivity index (χ0) is 15.0. The van der Waals surface area contributed by atoms with Crippen molar-refractivity contribution in [2.24, 2.45) is 0 Å². The molecule has 0 atom stereocenters. The van der Waals surface area contributed by atoms with Crippen LogP contribution in [-0.4, -0.2) is 26.8 Å². The molecule has 3 aromatic rings. The summed E-state index contributed by atoms with van der Waals surface area (Å²) >= 11 is 1.72. The Hall–Kier alpha value is -1.95. The van der Waals surface area contributed by atoms with E-state index in [1.165, 1.54) is 4.88 Å². The van der Waals surface area contributed by atoms with Gasteiger partial charge in [0.15, 0.2) is 5.82 Å². The van der Waals surface area contributed by atoms with Crippen LogP contribution in [0.2, 0.25) is 0 Å². The highest BCUT2D eigenvalue weighted by molar-refractivity contribution is 7.18. The summed E-state index contributed by atoms with van der Waals surface area (Å²) in [5.74, 6) is 1.87. The molecule has 0 aromatic carbocycles. The molecule has 0 spiro atoms. The number of rotatable bonds is 4. The molecule has 0 saturated carbocycles. The van der Waals surface area contributed by atoms with Crippen LogP contribution in [0.5, 0.6) is 0 Å². The number of nitrogens with zero attached hydrogens (tertiary/aromatic N) is 4. The lowest BCUT2D eigenvalue weighted by Crippen LogP contribution is -2.04. The zero-order valence-electron chi connectivity index (χ0n) is 12.7. The van der Waals surface area contributed by atoms with Crippen LogP contribution in [0.15, 0.2) is 18.3 Å². The Morgan fingerprint density at radius 1 is 1.33 bits per heavy atom. The van der Waals surface area contributed by atoms with Gasteiger partial charge in [-0.3, -0.25) is 0 Å². The number of anilines is 1. The largest absolute Gasteiger partial charge is 0.357 e. The van der Waals surface area contributed by atoms with Crippen LogP contribution in [0.3, 0.4) is 0 Å². The Morgan fingerprint density at radius 2 is 2.14 bits per heavy atom. The van der Waals surface area contributed by atoms with Crippen molar-refractivity contribution in [3.8, 4) is 5.82 Å². The molecular formula is C15H19N5S. The molecule has 0 unspecified atom stereocenters. The van der Waals surface area contributed by atoms with Gasteiger partial charge < -0.3 is 5.32 Å². The van der Waals surface area contributed by atoms with Crippen molar-refractivity contribution in [1.29, 1.82) is 0 Å². The minimum Gasteiger partial charge on any atom is -0.357 e. The lowest BCUT2D eigenvalue weighted by molar-refractivity contribution is 0.760. The highest BCUT2D eigenvalue weighted by Crippen LogP contribution is 2.29. The maximum atomic E-state index is 4.64. The number of aryl methyl sites for hydroxylation is 1. The van der Waals surface area contributed by atoms with Gasteiger partial charge >= 0.3 is 0 Å². The molecule has 0 aliphatic rings. The summed E-state index contributed by atoms with van der Waals surface area (Å²) in [6, 6.07) is 4.22. The summed E-state index contributed by atoms with van der Waals surface area (Å²) < 4.78 is 1.85. The van der Waals surface area contributed by atoms with Gasteiger partial charge in [0.2, 0.25) is 5.95 Å². The summed E-state index contributed by atoms with van der Waals surface area (Å²) in [6.07, 6.45) is 2.98. The fourth-order valence-corrected chi connectivity index (χ4v) is 3.14. The molecule has 5 nitrogen and oxygen atoms in total. The van der Waals surface area contributed by atoms with Gasteiger partial charge in [-0.2, -0.15) is 10.1 Å². The Bertz CT molecular complexity index is 772. The van der Waals surface area contributed by atoms with Crippen molar-refractivity contribution in [1.82, 2.24) is 19.7 Å². The first-order valence-electron chi connectivity index (χ1n) is 7.16. The maximum absolute atomic E-state index is 4.64. The average molecular weight is 301 g/mol. The number of hydrogen-bond acceptors (Lipinski definition) is 5. The van der Waals surface area contributed by atoms with Gasteiger partial charge in [-0.25, -0.2) is 9.67 Å². The van der Waals surface area contributed by atoms with Gasteiger partial charge in [0, 0.05) is 18.1 Å². The van der Waals surface area contributed by atoms with Gasteiger partial charge in [-0.1, -0.05) is 20.8 Å². The lowest BCUT2D eigenvalue weighted by Gasteiger charge is -2.05. The number of thiophene rings is 1. The summed E-state index contributed by atoms with van der Waals surface area (Å²) in [6.45, 7) is 6.43. The van der Waals surface area contributed by atoms with Crippen LogP contribution in [0.1, 0.15) is 37.3 Å². The molecule has 3 heterocycles. The van der Waals surface area contributed by atoms with Crippen molar-refractivity contribution in [2.75, 3.05) is 12.4 Å². The van der Waals surface area contributed by atoms with E-state index in [0.29, 0.717) is 11.9 Å². The molecule has 0 aliphatic heterocycles. The Kier molecular flexibility index (Phi) is 3.63. The highest BCUT2D eigenvalue weighted by Gasteiger charge is 2.14. The molecule has 3 aromatic heterocycles. The highest BCUT2D eigenvalue weighted by atomic mass is 32.1. The third-order valence-corrected chi connectivity index (χ3v) is 4.59.